The van der Waals surface area contributed by atoms with Crippen LogP contribution in [0.1, 0.15) is 44.7 Å². The summed E-state index contributed by atoms with van der Waals surface area (Å²) < 4.78 is 5.84. The van der Waals surface area contributed by atoms with E-state index in [-0.39, 0.29) is 0 Å². The van der Waals surface area contributed by atoms with E-state index in [1.807, 2.05) is 13.0 Å². The Hall–Kier alpha value is -0.860. The van der Waals surface area contributed by atoms with E-state index in [1.54, 1.807) is 0 Å². The minimum atomic E-state index is -0.450. The average Bonchev–Trinajstić information content (AvgIpc) is 2.36. The van der Waals surface area contributed by atoms with Crippen molar-refractivity contribution in [2.75, 3.05) is 6.61 Å². The van der Waals surface area contributed by atoms with Crippen molar-refractivity contribution in [2.24, 2.45) is 0 Å². The predicted octanol–water partition coefficient (Wildman–Crippen LogP) is 3.49. The third-order valence-electron chi connectivity index (χ3n) is 3.75. The molecular weight excluding hydrogens is 224 g/mol. The third kappa shape index (κ3) is 3.56. The fourth-order valence-electron chi connectivity index (χ4n) is 2.56. The van der Waals surface area contributed by atoms with Crippen LogP contribution in [0.5, 0.6) is 0 Å². The number of ether oxygens (including phenoxy) is 1. The van der Waals surface area contributed by atoms with Gasteiger partial charge >= 0.3 is 0 Å². The Morgan fingerprint density at radius 2 is 1.89 bits per heavy atom. The Labute approximate surface area is 111 Å². The molecule has 0 aliphatic rings. The van der Waals surface area contributed by atoms with E-state index in [4.69, 9.17) is 4.74 Å². The van der Waals surface area contributed by atoms with E-state index in [0.717, 1.165) is 12.8 Å². The molecule has 0 aliphatic carbocycles. The van der Waals surface area contributed by atoms with Crippen molar-refractivity contribution >= 4 is 0 Å². The first-order valence-corrected chi connectivity index (χ1v) is 6.95. The average molecular weight is 250 g/mol. The Kier molecular flexibility index (Phi) is 5.83. The maximum Gasteiger partial charge on any atom is 0.0938 e. The van der Waals surface area contributed by atoms with Gasteiger partial charge in [-0.3, -0.25) is 0 Å². The second-order valence-electron chi connectivity index (χ2n) is 4.91. The third-order valence-corrected chi connectivity index (χ3v) is 3.75. The van der Waals surface area contributed by atoms with Gasteiger partial charge in [0.1, 0.15) is 0 Å². The monoisotopic (exact) mass is 250 g/mol. The molecule has 1 atom stereocenters. The molecule has 0 aromatic heterocycles. The number of benzene rings is 1. The largest absolute Gasteiger partial charge is 0.390 e. The second kappa shape index (κ2) is 6.91. The van der Waals surface area contributed by atoms with Crippen LogP contribution in [0.25, 0.3) is 0 Å². The first kappa shape index (κ1) is 15.2. The molecule has 102 valence electrons. The van der Waals surface area contributed by atoms with Gasteiger partial charge in [0.05, 0.1) is 11.7 Å². The zero-order valence-corrected chi connectivity index (χ0v) is 12.1. The summed E-state index contributed by atoms with van der Waals surface area (Å²) in [7, 11) is 0. The van der Waals surface area contributed by atoms with Crippen LogP contribution in [0.3, 0.4) is 0 Å². The lowest BCUT2D eigenvalue weighted by Crippen LogP contribution is -2.45. The molecule has 1 N–H and O–H groups in total. The van der Waals surface area contributed by atoms with Gasteiger partial charge < -0.3 is 9.84 Å². The normalized spacial score (nSPS) is 13.6. The van der Waals surface area contributed by atoms with E-state index < -0.39 is 11.7 Å². The van der Waals surface area contributed by atoms with E-state index in [9.17, 15) is 5.11 Å². The van der Waals surface area contributed by atoms with Crippen LogP contribution < -0.4 is 0 Å². The Morgan fingerprint density at radius 1 is 1.22 bits per heavy atom. The lowest BCUT2D eigenvalue weighted by atomic mass is 9.86. The van der Waals surface area contributed by atoms with Crippen LogP contribution in [-0.2, 0) is 11.2 Å². The lowest BCUT2D eigenvalue weighted by Gasteiger charge is -2.36. The van der Waals surface area contributed by atoms with Gasteiger partial charge in [-0.15, -0.1) is 0 Å². The van der Waals surface area contributed by atoms with Crippen molar-refractivity contribution in [1.29, 1.82) is 0 Å². The zero-order valence-electron chi connectivity index (χ0n) is 12.1. The number of aliphatic hydroxyl groups excluding tert-OH is 1. The molecule has 1 rings (SSSR count). The predicted molar refractivity (Wildman–Crippen MR) is 75.8 cm³/mol. The SMILES string of the molecule is CCOC(CC)(CC)C(O)Cc1cccc(C)c1. The highest BCUT2D eigenvalue weighted by molar-refractivity contribution is 5.23. The molecule has 2 heteroatoms. The van der Waals surface area contributed by atoms with E-state index >= 15 is 0 Å². The summed E-state index contributed by atoms with van der Waals surface area (Å²) in [4.78, 5) is 0. The first-order chi connectivity index (χ1) is 8.57. The summed E-state index contributed by atoms with van der Waals surface area (Å²) in [5.74, 6) is 0. The minimum Gasteiger partial charge on any atom is -0.390 e. The minimum absolute atomic E-state index is 0.404. The molecule has 0 amide bonds. The number of hydrogen-bond acceptors (Lipinski definition) is 2. The molecule has 1 aromatic carbocycles. The molecule has 0 radical (unpaired) electrons. The summed E-state index contributed by atoms with van der Waals surface area (Å²) >= 11 is 0. The molecule has 0 saturated carbocycles. The Morgan fingerprint density at radius 3 is 2.39 bits per heavy atom. The van der Waals surface area contributed by atoms with Crippen molar-refractivity contribution in [3.05, 3.63) is 35.4 Å². The van der Waals surface area contributed by atoms with Crippen LogP contribution in [0, 0.1) is 6.92 Å². The van der Waals surface area contributed by atoms with Crippen LogP contribution in [0.4, 0.5) is 0 Å². The van der Waals surface area contributed by atoms with E-state index in [0.29, 0.717) is 13.0 Å². The van der Waals surface area contributed by atoms with Crippen molar-refractivity contribution in [2.45, 2.75) is 58.7 Å². The highest BCUT2D eigenvalue weighted by Gasteiger charge is 2.35. The fraction of sp³-hybridized carbons (Fsp3) is 0.625. The highest BCUT2D eigenvalue weighted by atomic mass is 16.5. The standard InChI is InChI=1S/C16H26O2/c1-5-16(6-2,18-7-3)15(17)12-14-10-8-9-13(4)11-14/h8-11,15,17H,5-7,12H2,1-4H3. The zero-order chi connectivity index (χ0) is 13.6. The van der Waals surface area contributed by atoms with Crippen molar-refractivity contribution in [3.8, 4) is 0 Å². The topological polar surface area (TPSA) is 29.5 Å². The molecular formula is C16H26O2. The summed E-state index contributed by atoms with van der Waals surface area (Å²) in [6, 6.07) is 8.31. The van der Waals surface area contributed by atoms with E-state index in [2.05, 4.69) is 39.0 Å². The second-order valence-corrected chi connectivity index (χ2v) is 4.91. The van der Waals surface area contributed by atoms with Gasteiger partial charge in [0.25, 0.3) is 0 Å². The van der Waals surface area contributed by atoms with Gasteiger partial charge in [0.2, 0.25) is 0 Å². The summed E-state index contributed by atoms with van der Waals surface area (Å²) in [5, 5.41) is 10.5. The molecule has 18 heavy (non-hydrogen) atoms. The van der Waals surface area contributed by atoms with Gasteiger partial charge in [-0.05, 0) is 32.3 Å². The smallest absolute Gasteiger partial charge is 0.0938 e. The fourth-order valence-corrected chi connectivity index (χ4v) is 2.56. The highest BCUT2D eigenvalue weighted by Crippen LogP contribution is 2.27. The van der Waals surface area contributed by atoms with Crippen molar-refractivity contribution in [1.82, 2.24) is 0 Å². The van der Waals surface area contributed by atoms with Crippen molar-refractivity contribution < 1.29 is 9.84 Å². The maximum atomic E-state index is 10.5. The molecule has 1 unspecified atom stereocenters. The molecule has 0 heterocycles. The van der Waals surface area contributed by atoms with Crippen LogP contribution in [0.2, 0.25) is 0 Å². The van der Waals surface area contributed by atoms with Crippen LogP contribution in [0.15, 0.2) is 24.3 Å². The number of aryl methyl sites for hydroxylation is 1. The summed E-state index contributed by atoms with van der Waals surface area (Å²) in [5.41, 5.74) is 2.00. The molecule has 2 nitrogen and oxygen atoms in total. The Bertz CT molecular complexity index is 356. The number of hydrogen-bond donors (Lipinski definition) is 1. The first-order valence-electron chi connectivity index (χ1n) is 6.95. The maximum absolute atomic E-state index is 10.5. The van der Waals surface area contributed by atoms with E-state index in [1.165, 1.54) is 11.1 Å². The van der Waals surface area contributed by atoms with Gasteiger partial charge in [0, 0.05) is 13.0 Å². The number of aliphatic hydroxyl groups is 1. The molecule has 0 fully saturated rings. The van der Waals surface area contributed by atoms with Crippen LogP contribution in [-0.4, -0.2) is 23.4 Å². The summed E-state index contributed by atoms with van der Waals surface area (Å²) in [6.45, 7) is 8.87. The van der Waals surface area contributed by atoms with Gasteiger partial charge in [-0.1, -0.05) is 43.7 Å². The quantitative estimate of drug-likeness (QED) is 0.802. The Balaban J connectivity index is 2.81. The lowest BCUT2D eigenvalue weighted by molar-refractivity contribution is -0.124. The van der Waals surface area contributed by atoms with Crippen LogP contribution >= 0.6 is 0 Å². The molecule has 0 spiro atoms. The van der Waals surface area contributed by atoms with Crippen molar-refractivity contribution in [3.63, 3.8) is 0 Å². The number of rotatable bonds is 7. The molecule has 0 aliphatic heterocycles. The van der Waals surface area contributed by atoms with Gasteiger partial charge in [-0.2, -0.15) is 0 Å². The van der Waals surface area contributed by atoms with Gasteiger partial charge in [0.15, 0.2) is 0 Å². The summed E-state index contributed by atoms with van der Waals surface area (Å²) in [6.07, 6.45) is 1.88. The molecule has 1 aromatic rings. The molecule has 0 saturated heterocycles. The molecule has 0 bridgehead atoms. The van der Waals surface area contributed by atoms with Gasteiger partial charge in [-0.25, -0.2) is 0 Å².